The predicted octanol–water partition coefficient (Wildman–Crippen LogP) is 6.16. The maximum Gasteiger partial charge on any atom is 0.193 e. The number of anilines is 2. The van der Waals surface area contributed by atoms with Crippen LogP contribution in [0, 0.1) is 0 Å². The molecule has 0 unspecified atom stereocenters. The first kappa shape index (κ1) is 19.6. The quantitative estimate of drug-likeness (QED) is 0.491. The van der Waals surface area contributed by atoms with Gasteiger partial charge in [0, 0.05) is 33.8 Å². The number of ketones is 2. The zero-order chi connectivity index (χ0) is 21.4. The smallest absolute Gasteiger partial charge is 0.193 e. The van der Waals surface area contributed by atoms with Crippen LogP contribution < -0.4 is 10.6 Å². The Labute approximate surface area is 185 Å². The van der Waals surface area contributed by atoms with Gasteiger partial charge in [-0.05, 0) is 48.7 Å². The van der Waals surface area contributed by atoms with Crippen LogP contribution in [0.1, 0.15) is 46.8 Å². The second kappa shape index (κ2) is 8.05. The number of fused-ring (bicyclic) bond motifs is 1. The lowest BCUT2D eigenvalue weighted by atomic mass is 9.87. The van der Waals surface area contributed by atoms with Crippen molar-refractivity contribution in [1.29, 1.82) is 0 Å². The Balaban J connectivity index is 1.59. The Bertz CT molecular complexity index is 1220. The minimum atomic E-state index is -0.300. The molecular formula is C26H21ClN2O2. The van der Waals surface area contributed by atoms with Gasteiger partial charge in [-0.1, -0.05) is 54.1 Å². The molecule has 1 heterocycles. The fraction of sp³-hybridized carbons (Fsp3) is 0.154. The van der Waals surface area contributed by atoms with Crippen molar-refractivity contribution >= 4 is 34.5 Å². The summed E-state index contributed by atoms with van der Waals surface area (Å²) in [5, 5.41) is 7.62. The summed E-state index contributed by atoms with van der Waals surface area (Å²) in [5.41, 5.74) is 5.50. The first-order chi connectivity index (χ1) is 15.1. The second-order valence-corrected chi connectivity index (χ2v) is 8.32. The van der Waals surface area contributed by atoms with E-state index in [-0.39, 0.29) is 17.6 Å². The third-order valence-electron chi connectivity index (χ3n) is 5.83. The van der Waals surface area contributed by atoms with E-state index in [0.29, 0.717) is 22.6 Å². The third-order valence-corrected chi connectivity index (χ3v) is 6.07. The molecule has 2 N–H and O–H groups in total. The number of hydrogen-bond donors (Lipinski definition) is 2. The lowest BCUT2D eigenvalue weighted by Gasteiger charge is -2.25. The van der Waals surface area contributed by atoms with Gasteiger partial charge in [-0.15, -0.1) is 0 Å². The summed E-state index contributed by atoms with van der Waals surface area (Å²) in [7, 11) is 0. The summed E-state index contributed by atoms with van der Waals surface area (Å²) in [4.78, 5) is 25.9. The fourth-order valence-corrected chi connectivity index (χ4v) is 4.52. The SMILES string of the molecule is O=C1CCCC2=C1[C@H](c1cccc(Cl)c1)Nc1ccc(C(=O)c3ccccc3)cc1N2. The third kappa shape index (κ3) is 3.75. The first-order valence-corrected chi connectivity index (χ1v) is 10.8. The molecule has 154 valence electrons. The summed E-state index contributed by atoms with van der Waals surface area (Å²) >= 11 is 6.25. The van der Waals surface area contributed by atoms with Crippen LogP contribution in [0.5, 0.6) is 0 Å². The van der Waals surface area contributed by atoms with Crippen LogP contribution in [0.15, 0.2) is 84.1 Å². The van der Waals surface area contributed by atoms with E-state index < -0.39 is 0 Å². The molecule has 4 nitrogen and oxygen atoms in total. The van der Waals surface area contributed by atoms with E-state index in [0.717, 1.165) is 41.1 Å². The average Bonchev–Trinajstić information content (AvgIpc) is 2.96. The van der Waals surface area contributed by atoms with Crippen LogP contribution in [-0.2, 0) is 4.79 Å². The van der Waals surface area contributed by atoms with Crippen LogP contribution in [0.4, 0.5) is 11.4 Å². The van der Waals surface area contributed by atoms with Crippen molar-refractivity contribution in [3.05, 3.63) is 106 Å². The molecule has 31 heavy (non-hydrogen) atoms. The highest BCUT2D eigenvalue weighted by molar-refractivity contribution is 6.30. The number of halogens is 1. The summed E-state index contributed by atoms with van der Waals surface area (Å²) in [6, 6.07) is 22.1. The minimum absolute atomic E-state index is 0.0326. The van der Waals surface area contributed by atoms with Crippen molar-refractivity contribution in [3.8, 4) is 0 Å². The van der Waals surface area contributed by atoms with Crippen molar-refractivity contribution in [3.63, 3.8) is 0 Å². The molecule has 5 heteroatoms. The molecule has 5 rings (SSSR count). The molecule has 0 spiro atoms. The zero-order valence-corrected chi connectivity index (χ0v) is 17.6. The maximum absolute atomic E-state index is 12.9. The molecule has 1 atom stereocenters. The number of Topliss-reactive ketones (excluding diaryl/α,β-unsaturated/α-hetero) is 1. The zero-order valence-electron chi connectivity index (χ0n) is 16.8. The van der Waals surface area contributed by atoms with Gasteiger partial charge < -0.3 is 10.6 Å². The Morgan fingerprint density at radius 3 is 2.52 bits per heavy atom. The molecule has 0 amide bonds. The standard InChI is InChI=1S/C26H21ClN2O2/c27-19-9-4-8-17(14-19)25-24-21(10-5-11-23(24)30)28-22-15-18(12-13-20(22)29-25)26(31)16-6-2-1-3-7-16/h1-4,6-9,12-15,25,28-29H,5,10-11H2/t25-/m0/s1. The highest BCUT2D eigenvalue weighted by Crippen LogP contribution is 2.41. The number of rotatable bonds is 3. The fourth-order valence-electron chi connectivity index (χ4n) is 4.33. The molecule has 0 saturated heterocycles. The topological polar surface area (TPSA) is 58.2 Å². The molecule has 0 bridgehead atoms. The van der Waals surface area contributed by atoms with Crippen LogP contribution in [0.3, 0.4) is 0 Å². The van der Waals surface area contributed by atoms with Crippen LogP contribution in [0.25, 0.3) is 0 Å². The molecule has 1 aliphatic heterocycles. The molecule has 1 aliphatic carbocycles. The highest BCUT2D eigenvalue weighted by Gasteiger charge is 2.32. The normalized spacial score (nSPS) is 17.7. The molecule has 3 aromatic carbocycles. The first-order valence-electron chi connectivity index (χ1n) is 10.4. The molecule has 2 aliphatic rings. The summed E-state index contributed by atoms with van der Waals surface area (Å²) < 4.78 is 0. The summed E-state index contributed by atoms with van der Waals surface area (Å²) in [6.07, 6.45) is 2.13. The van der Waals surface area contributed by atoms with Crippen molar-refractivity contribution < 1.29 is 9.59 Å². The number of hydrogen-bond acceptors (Lipinski definition) is 4. The molecule has 0 aromatic heterocycles. The van der Waals surface area contributed by atoms with E-state index in [1.165, 1.54) is 0 Å². The van der Waals surface area contributed by atoms with Crippen molar-refractivity contribution in [1.82, 2.24) is 0 Å². The van der Waals surface area contributed by atoms with E-state index >= 15 is 0 Å². The molecule has 0 radical (unpaired) electrons. The van der Waals surface area contributed by atoms with E-state index in [4.69, 9.17) is 11.6 Å². The van der Waals surface area contributed by atoms with Gasteiger partial charge >= 0.3 is 0 Å². The van der Waals surface area contributed by atoms with Gasteiger partial charge in [-0.3, -0.25) is 9.59 Å². The van der Waals surface area contributed by atoms with E-state index in [9.17, 15) is 9.59 Å². The summed E-state index contributed by atoms with van der Waals surface area (Å²) in [6.45, 7) is 0. The van der Waals surface area contributed by atoms with Crippen molar-refractivity contribution in [2.45, 2.75) is 25.3 Å². The largest absolute Gasteiger partial charge is 0.372 e. The molecule has 0 fully saturated rings. The number of benzene rings is 3. The Hall–Kier alpha value is -3.37. The Morgan fingerprint density at radius 1 is 0.871 bits per heavy atom. The van der Waals surface area contributed by atoms with Crippen molar-refractivity contribution in [2.75, 3.05) is 10.6 Å². The average molecular weight is 429 g/mol. The number of carbonyl (C=O) groups is 2. The Morgan fingerprint density at radius 2 is 1.71 bits per heavy atom. The lowest BCUT2D eigenvalue weighted by molar-refractivity contribution is -0.116. The van der Waals surface area contributed by atoms with Gasteiger partial charge in [0.1, 0.15) is 0 Å². The van der Waals surface area contributed by atoms with Crippen LogP contribution in [-0.4, -0.2) is 11.6 Å². The number of nitrogens with one attached hydrogen (secondary N) is 2. The van der Waals surface area contributed by atoms with Gasteiger partial charge in [0.05, 0.1) is 17.4 Å². The number of carbonyl (C=O) groups excluding carboxylic acids is 2. The van der Waals surface area contributed by atoms with E-state index in [1.54, 1.807) is 0 Å². The maximum atomic E-state index is 12.9. The molecule has 3 aromatic rings. The van der Waals surface area contributed by atoms with Gasteiger partial charge in [-0.2, -0.15) is 0 Å². The van der Waals surface area contributed by atoms with E-state index in [1.807, 2.05) is 72.8 Å². The van der Waals surface area contributed by atoms with Gasteiger partial charge in [-0.25, -0.2) is 0 Å². The number of allylic oxidation sites excluding steroid dienone is 1. The van der Waals surface area contributed by atoms with Gasteiger partial charge in [0.25, 0.3) is 0 Å². The lowest BCUT2D eigenvalue weighted by Crippen LogP contribution is -2.23. The predicted molar refractivity (Wildman–Crippen MR) is 124 cm³/mol. The van der Waals surface area contributed by atoms with Gasteiger partial charge in [0.15, 0.2) is 11.6 Å². The van der Waals surface area contributed by atoms with Crippen molar-refractivity contribution in [2.24, 2.45) is 0 Å². The van der Waals surface area contributed by atoms with Crippen LogP contribution in [0.2, 0.25) is 5.02 Å². The minimum Gasteiger partial charge on any atom is -0.372 e. The Kier molecular flexibility index (Phi) is 5.08. The summed E-state index contributed by atoms with van der Waals surface area (Å²) in [5.74, 6) is 0.106. The van der Waals surface area contributed by atoms with E-state index in [2.05, 4.69) is 10.6 Å². The van der Waals surface area contributed by atoms with Gasteiger partial charge in [0.2, 0.25) is 0 Å². The monoisotopic (exact) mass is 428 g/mol. The highest BCUT2D eigenvalue weighted by atomic mass is 35.5. The second-order valence-electron chi connectivity index (χ2n) is 7.88. The molecule has 0 saturated carbocycles. The van der Waals surface area contributed by atoms with Crippen LogP contribution >= 0.6 is 11.6 Å². The molecular weight excluding hydrogens is 408 g/mol.